The van der Waals surface area contributed by atoms with Gasteiger partial charge in [-0.25, -0.2) is 0 Å². The molecule has 0 spiro atoms. The molecule has 3 heteroatoms. The molecule has 0 aliphatic rings. The largest absolute Gasteiger partial charge is 0.435 e. The molecule has 0 amide bonds. The fourth-order valence-corrected chi connectivity index (χ4v) is 0.929. The average molecular weight is 142 g/mol. The Bertz CT molecular complexity index is 120. The van der Waals surface area contributed by atoms with Gasteiger partial charge >= 0.3 is 5.97 Å². The van der Waals surface area contributed by atoms with E-state index in [2.05, 4.69) is 17.9 Å². The van der Waals surface area contributed by atoms with Crippen molar-refractivity contribution in [3.05, 3.63) is 25.1 Å². The third kappa shape index (κ3) is 5.03. The molecule has 0 aliphatic heterocycles. The molecule has 0 N–H and O–H groups in total. The standard InChI is InChI=1S/C6H10O2Si/c1-3-8-6(7)5-9-4-2/h3-4H,1-2,5,9H2. The number of carbonyl (C=O) groups excluding carboxylic acids is 1. The van der Waals surface area contributed by atoms with Gasteiger partial charge in [0.15, 0.2) is 0 Å². The molecule has 0 saturated heterocycles. The quantitative estimate of drug-likeness (QED) is 0.323. The Balaban J connectivity index is 3.26. The highest BCUT2D eigenvalue weighted by Crippen LogP contribution is 1.85. The zero-order chi connectivity index (χ0) is 7.11. The Morgan fingerprint density at radius 3 is 2.78 bits per heavy atom. The van der Waals surface area contributed by atoms with Crippen LogP contribution in [0.4, 0.5) is 0 Å². The fraction of sp³-hybridized carbons (Fsp3) is 0.167. The molecular weight excluding hydrogens is 132 g/mol. The van der Waals surface area contributed by atoms with E-state index in [4.69, 9.17) is 0 Å². The van der Waals surface area contributed by atoms with Crippen LogP contribution in [0.25, 0.3) is 0 Å². The van der Waals surface area contributed by atoms with Crippen LogP contribution in [-0.4, -0.2) is 15.5 Å². The fourth-order valence-electron chi connectivity index (χ4n) is 0.372. The molecule has 0 fully saturated rings. The van der Waals surface area contributed by atoms with Gasteiger partial charge in [0.1, 0.15) is 0 Å². The van der Waals surface area contributed by atoms with Crippen LogP contribution in [0, 0.1) is 0 Å². The third-order valence-corrected chi connectivity index (χ3v) is 1.87. The van der Waals surface area contributed by atoms with Gasteiger partial charge in [0.25, 0.3) is 0 Å². The monoisotopic (exact) mass is 142 g/mol. The summed E-state index contributed by atoms with van der Waals surface area (Å²) in [5, 5.41) is 0. The maximum Gasteiger partial charge on any atom is 0.307 e. The highest BCUT2D eigenvalue weighted by atomic mass is 28.2. The van der Waals surface area contributed by atoms with E-state index < -0.39 is 9.52 Å². The number of ether oxygens (including phenoxy) is 1. The third-order valence-electron chi connectivity index (χ3n) is 0.767. The Morgan fingerprint density at radius 2 is 2.33 bits per heavy atom. The Kier molecular flexibility index (Phi) is 4.82. The maximum absolute atomic E-state index is 10.5. The summed E-state index contributed by atoms with van der Waals surface area (Å²) in [5.41, 5.74) is 1.81. The first-order valence-electron chi connectivity index (χ1n) is 2.72. The van der Waals surface area contributed by atoms with Gasteiger partial charge < -0.3 is 4.74 Å². The molecule has 0 saturated carbocycles. The van der Waals surface area contributed by atoms with Crippen molar-refractivity contribution in [1.29, 1.82) is 0 Å². The van der Waals surface area contributed by atoms with E-state index in [1.165, 1.54) is 0 Å². The van der Waals surface area contributed by atoms with Gasteiger partial charge in [-0.15, -0.1) is 12.3 Å². The first-order valence-corrected chi connectivity index (χ1v) is 4.54. The lowest BCUT2D eigenvalue weighted by atomic mass is 10.8. The van der Waals surface area contributed by atoms with Crippen molar-refractivity contribution < 1.29 is 9.53 Å². The molecule has 0 atom stereocenters. The number of carbonyl (C=O) groups is 1. The van der Waals surface area contributed by atoms with Gasteiger partial charge in [0.05, 0.1) is 15.8 Å². The van der Waals surface area contributed by atoms with E-state index in [-0.39, 0.29) is 5.97 Å². The van der Waals surface area contributed by atoms with Crippen molar-refractivity contribution in [3.63, 3.8) is 0 Å². The molecule has 0 aliphatic carbocycles. The molecule has 0 heterocycles. The normalized spacial score (nSPS) is 9.33. The van der Waals surface area contributed by atoms with Gasteiger partial charge in [0, 0.05) is 6.04 Å². The van der Waals surface area contributed by atoms with Gasteiger partial charge in [-0.05, 0) is 0 Å². The minimum absolute atomic E-state index is 0.198. The summed E-state index contributed by atoms with van der Waals surface area (Å²) in [5.74, 6) is -0.198. The SMILES string of the molecule is C=COC(=O)C[SiH2]C=C. The van der Waals surface area contributed by atoms with Crippen LogP contribution < -0.4 is 0 Å². The predicted octanol–water partition coefficient (Wildman–Crippen LogP) is 0.404. The summed E-state index contributed by atoms with van der Waals surface area (Å²) in [6.07, 6.45) is 1.15. The van der Waals surface area contributed by atoms with E-state index >= 15 is 0 Å². The lowest BCUT2D eigenvalue weighted by molar-refractivity contribution is -0.135. The molecule has 0 aromatic carbocycles. The zero-order valence-corrected chi connectivity index (χ0v) is 6.71. The molecule has 9 heavy (non-hydrogen) atoms. The number of esters is 1. The Labute approximate surface area is 57.0 Å². The number of hydrogen-bond donors (Lipinski definition) is 0. The minimum atomic E-state index is -0.404. The van der Waals surface area contributed by atoms with Gasteiger partial charge in [-0.3, -0.25) is 4.79 Å². The molecular formula is C6H10O2Si. The van der Waals surface area contributed by atoms with Gasteiger partial charge in [-0.2, -0.15) is 0 Å². The lowest BCUT2D eigenvalue weighted by Gasteiger charge is -1.92. The molecule has 0 aromatic rings. The molecule has 0 rings (SSSR count). The molecule has 0 bridgehead atoms. The highest BCUT2D eigenvalue weighted by molar-refractivity contribution is 6.46. The van der Waals surface area contributed by atoms with Gasteiger partial charge in [-0.1, -0.05) is 6.58 Å². The molecule has 50 valence electrons. The summed E-state index contributed by atoms with van der Waals surface area (Å²) in [7, 11) is -0.404. The van der Waals surface area contributed by atoms with Crippen LogP contribution >= 0.6 is 0 Å². The first-order chi connectivity index (χ1) is 4.31. The van der Waals surface area contributed by atoms with E-state index in [1.54, 1.807) is 0 Å². The predicted molar refractivity (Wildman–Crippen MR) is 39.8 cm³/mol. The van der Waals surface area contributed by atoms with E-state index in [9.17, 15) is 4.79 Å². The Hall–Kier alpha value is -0.833. The van der Waals surface area contributed by atoms with Crippen molar-refractivity contribution in [2.75, 3.05) is 0 Å². The zero-order valence-electron chi connectivity index (χ0n) is 5.30. The second-order valence-electron chi connectivity index (χ2n) is 1.48. The van der Waals surface area contributed by atoms with Crippen LogP contribution in [0.15, 0.2) is 25.1 Å². The van der Waals surface area contributed by atoms with Crippen molar-refractivity contribution in [3.8, 4) is 0 Å². The smallest absolute Gasteiger partial charge is 0.307 e. The number of hydrogen-bond acceptors (Lipinski definition) is 2. The van der Waals surface area contributed by atoms with Crippen molar-refractivity contribution in [2.24, 2.45) is 0 Å². The van der Waals surface area contributed by atoms with Crippen LogP contribution in [0.3, 0.4) is 0 Å². The first kappa shape index (κ1) is 8.17. The topological polar surface area (TPSA) is 26.3 Å². The highest BCUT2D eigenvalue weighted by Gasteiger charge is 1.96. The second kappa shape index (κ2) is 5.31. The summed E-state index contributed by atoms with van der Waals surface area (Å²) in [4.78, 5) is 10.5. The minimum Gasteiger partial charge on any atom is -0.435 e. The molecule has 0 aromatic heterocycles. The summed E-state index contributed by atoms with van der Waals surface area (Å²) >= 11 is 0. The van der Waals surface area contributed by atoms with Crippen LogP contribution in [0.5, 0.6) is 0 Å². The second-order valence-corrected chi connectivity index (χ2v) is 3.14. The molecule has 2 nitrogen and oxygen atoms in total. The van der Waals surface area contributed by atoms with Crippen molar-refractivity contribution in [1.82, 2.24) is 0 Å². The van der Waals surface area contributed by atoms with E-state index in [1.807, 2.05) is 5.70 Å². The van der Waals surface area contributed by atoms with Crippen molar-refractivity contribution in [2.45, 2.75) is 6.04 Å². The van der Waals surface area contributed by atoms with Crippen LogP contribution in [-0.2, 0) is 9.53 Å². The molecule has 0 unspecified atom stereocenters. The van der Waals surface area contributed by atoms with Crippen molar-refractivity contribution >= 4 is 15.5 Å². The average Bonchev–Trinajstić information content (AvgIpc) is 1.85. The lowest BCUT2D eigenvalue weighted by Crippen LogP contribution is -2.01. The summed E-state index contributed by atoms with van der Waals surface area (Å²) in [6, 6.07) is 0.523. The summed E-state index contributed by atoms with van der Waals surface area (Å²) < 4.78 is 4.46. The maximum atomic E-state index is 10.5. The van der Waals surface area contributed by atoms with E-state index in [0.29, 0.717) is 6.04 Å². The Morgan fingerprint density at radius 1 is 1.67 bits per heavy atom. The van der Waals surface area contributed by atoms with Crippen LogP contribution in [0.2, 0.25) is 6.04 Å². The number of rotatable bonds is 4. The van der Waals surface area contributed by atoms with Crippen LogP contribution in [0.1, 0.15) is 0 Å². The van der Waals surface area contributed by atoms with E-state index in [0.717, 1.165) is 6.26 Å². The summed E-state index contributed by atoms with van der Waals surface area (Å²) in [6.45, 7) is 6.78. The van der Waals surface area contributed by atoms with Gasteiger partial charge in [0.2, 0.25) is 0 Å². The molecule has 0 radical (unpaired) electrons.